The van der Waals surface area contributed by atoms with Crippen LogP contribution in [0.25, 0.3) is 11.2 Å². The van der Waals surface area contributed by atoms with Crippen LogP contribution in [0.2, 0.25) is 0 Å². The highest BCUT2D eigenvalue weighted by molar-refractivity contribution is 6.20. The number of rotatable bonds is 8. The molecule has 0 fully saturated rings. The first-order valence-electron chi connectivity index (χ1n) is 6.76. The monoisotopic (exact) mass is 297 g/mol. The van der Waals surface area contributed by atoms with E-state index in [0.29, 0.717) is 19.8 Å². The molecule has 0 aliphatic heterocycles. The lowest BCUT2D eigenvalue weighted by atomic mass is 10.4. The molecule has 2 heterocycles. The lowest BCUT2D eigenvalue weighted by molar-refractivity contribution is 0.0680. The first-order chi connectivity index (χ1) is 9.74. The summed E-state index contributed by atoms with van der Waals surface area (Å²) in [4.78, 5) is 8.94. The fraction of sp³-hybridized carbons (Fsp3) is 0.571. The Bertz CT molecular complexity index is 542. The van der Waals surface area contributed by atoms with Crippen LogP contribution in [0.3, 0.4) is 0 Å². The molecule has 0 radical (unpaired) electrons. The van der Waals surface area contributed by atoms with Crippen molar-refractivity contribution in [3.63, 3.8) is 0 Å². The Labute approximate surface area is 123 Å². The number of aryl methyl sites for hydroxylation is 1. The Morgan fingerprint density at radius 1 is 1.35 bits per heavy atom. The van der Waals surface area contributed by atoms with Crippen LogP contribution in [0.5, 0.6) is 0 Å². The number of ether oxygens (including phenoxy) is 2. The van der Waals surface area contributed by atoms with Gasteiger partial charge in [-0.1, -0.05) is 0 Å². The van der Waals surface area contributed by atoms with Crippen molar-refractivity contribution in [2.24, 2.45) is 0 Å². The average Bonchev–Trinajstić information content (AvgIpc) is 2.82. The lowest BCUT2D eigenvalue weighted by Crippen LogP contribution is -2.09. The highest BCUT2D eigenvalue weighted by Crippen LogP contribution is 2.23. The third-order valence-electron chi connectivity index (χ3n) is 2.99. The van der Waals surface area contributed by atoms with Crippen LogP contribution in [0.4, 0.5) is 0 Å². The fourth-order valence-corrected chi connectivity index (χ4v) is 2.24. The number of alkyl halides is 1. The van der Waals surface area contributed by atoms with E-state index in [0.717, 1.165) is 30.0 Å². The highest BCUT2D eigenvalue weighted by atomic mass is 35.5. The molecule has 0 saturated heterocycles. The molecule has 0 aliphatic rings. The smallest absolute Gasteiger partial charge is 0.160 e. The van der Waals surface area contributed by atoms with E-state index >= 15 is 0 Å². The van der Waals surface area contributed by atoms with E-state index in [2.05, 4.69) is 14.5 Å². The maximum atomic E-state index is 6.20. The second kappa shape index (κ2) is 7.57. The van der Waals surface area contributed by atoms with Gasteiger partial charge in [-0.15, -0.1) is 11.6 Å². The molecule has 6 heteroatoms. The maximum absolute atomic E-state index is 6.20. The fourth-order valence-electron chi connectivity index (χ4n) is 2.07. The summed E-state index contributed by atoms with van der Waals surface area (Å²) in [5.41, 5.74) is 1.77. The van der Waals surface area contributed by atoms with Crippen molar-refractivity contribution in [2.45, 2.75) is 25.3 Å². The van der Waals surface area contributed by atoms with Crippen LogP contribution in [0.1, 0.15) is 24.5 Å². The molecule has 2 aromatic rings. The zero-order chi connectivity index (χ0) is 14.4. The van der Waals surface area contributed by atoms with Gasteiger partial charge < -0.3 is 14.0 Å². The average molecular weight is 298 g/mol. The molecule has 2 rings (SSSR count). The summed E-state index contributed by atoms with van der Waals surface area (Å²) in [5, 5.41) is -0.140. The van der Waals surface area contributed by atoms with E-state index in [1.165, 1.54) is 0 Å². The van der Waals surface area contributed by atoms with E-state index in [1.807, 2.05) is 19.1 Å². The van der Waals surface area contributed by atoms with Crippen molar-refractivity contribution >= 4 is 22.8 Å². The Balaban J connectivity index is 2.02. The molecule has 0 saturated carbocycles. The Morgan fingerprint density at radius 2 is 2.20 bits per heavy atom. The summed E-state index contributed by atoms with van der Waals surface area (Å²) in [7, 11) is 1.67. The zero-order valence-electron chi connectivity index (χ0n) is 11.9. The topological polar surface area (TPSA) is 49.2 Å². The lowest BCUT2D eigenvalue weighted by Gasteiger charge is -2.10. The van der Waals surface area contributed by atoms with Gasteiger partial charge >= 0.3 is 0 Å². The standard InChI is InChI=1S/C14H20ClN3O2/c1-11(15)13-17-12-5-3-6-16-14(12)18(13)7-4-8-20-10-9-19-2/h3,5-6,11H,4,7-10H2,1-2H3. The van der Waals surface area contributed by atoms with Gasteiger partial charge in [0.05, 0.1) is 18.6 Å². The van der Waals surface area contributed by atoms with Crippen molar-refractivity contribution in [3.8, 4) is 0 Å². The number of imidazole rings is 1. The third-order valence-corrected chi connectivity index (χ3v) is 3.19. The minimum Gasteiger partial charge on any atom is -0.382 e. The van der Waals surface area contributed by atoms with Crippen LogP contribution >= 0.6 is 11.6 Å². The molecule has 20 heavy (non-hydrogen) atoms. The molecule has 1 unspecified atom stereocenters. The molecule has 0 amide bonds. The molecule has 1 atom stereocenters. The number of pyridine rings is 1. The number of nitrogens with zero attached hydrogens (tertiary/aromatic N) is 3. The van der Waals surface area contributed by atoms with Crippen LogP contribution in [-0.4, -0.2) is 41.5 Å². The van der Waals surface area contributed by atoms with Gasteiger partial charge in [-0.2, -0.15) is 0 Å². The van der Waals surface area contributed by atoms with E-state index in [1.54, 1.807) is 13.3 Å². The molecule has 0 bridgehead atoms. The molecule has 5 nitrogen and oxygen atoms in total. The van der Waals surface area contributed by atoms with Gasteiger partial charge in [-0.05, 0) is 25.5 Å². The predicted octanol–water partition coefficient (Wildman–Crippen LogP) is 2.78. The number of hydrogen-bond donors (Lipinski definition) is 0. The summed E-state index contributed by atoms with van der Waals surface area (Å²) in [6.07, 6.45) is 2.67. The maximum Gasteiger partial charge on any atom is 0.160 e. The van der Waals surface area contributed by atoms with Gasteiger partial charge in [0.2, 0.25) is 0 Å². The number of methoxy groups -OCH3 is 1. The quantitative estimate of drug-likeness (QED) is 0.555. The molecule has 0 aliphatic carbocycles. The minimum atomic E-state index is -0.140. The van der Waals surface area contributed by atoms with Gasteiger partial charge in [0.15, 0.2) is 5.65 Å². The normalized spacial score (nSPS) is 12.9. The van der Waals surface area contributed by atoms with E-state index in [9.17, 15) is 0 Å². The van der Waals surface area contributed by atoms with Crippen molar-refractivity contribution in [3.05, 3.63) is 24.2 Å². The summed E-state index contributed by atoms with van der Waals surface area (Å²) in [6.45, 7) is 4.66. The van der Waals surface area contributed by atoms with Crippen molar-refractivity contribution < 1.29 is 9.47 Å². The van der Waals surface area contributed by atoms with E-state index in [4.69, 9.17) is 21.1 Å². The summed E-state index contributed by atoms with van der Waals surface area (Å²) < 4.78 is 12.5. The summed E-state index contributed by atoms with van der Waals surface area (Å²) >= 11 is 6.20. The SMILES string of the molecule is COCCOCCCn1c(C(C)Cl)nc2cccnc21. The van der Waals surface area contributed by atoms with Crippen LogP contribution in [-0.2, 0) is 16.0 Å². The van der Waals surface area contributed by atoms with E-state index in [-0.39, 0.29) is 5.38 Å². The van der Waals surface area contributed by atoms with Crippen LogP contribution in [0, 0.1) is 0 Å². The van der Waals surface area contributed by atoms with Gasteiger partial charge in [-0.3, -0.25) is 0 Å². The van der Waals surface area contributed by atoms with Crippen molar-refractivity contribution in [2.75, 3.05) is 26.9 Å². The molecule has 110 valence electrons. The minimum absolute atomic E-state index is 0.140. The van der Waals surface area contributed by atoms with Gasteiger partial charge in [0.1, 0.15) is 11.3 Å². The summed E-state index contributed by atoms with van der Waals surface area (Å²) in [5.74, 6) is 0.859. The first-order valence-corrected chi connectivity index (χ1v) is 7.19. The van der Waals surface area contributed by atoms with Gasteiger partial charge in [0.25, 0.3) is 0 Å². The molecule has 0 aromatic carbocycles. The van der Waals surface area contributed by atoms with Crippen LogP contribution < -0.4 is 0 Å². The van der Waals surface area contributed by atoms with Crippen LogP contribution in [0.15, 0.2) is 18.3 Å². The zero-order valence-corrected chi connectivity index (χ0v) is 12.6. The Hall–Kier alpha value is -1.17. The second-order valence-corrected chi connectivity index (χ2v) is 5.20. The number of aromatic nitrogens is 3. The van der Waals surface area contributed by atoms with Gasteiger partial charge in [-0.25, -0.2) is 9.97 Å². The number of halogens is 1. The van der Waals surface area contributed by atoms with Gasteiger partial charge in [0, 0.05) is 26.5 Å². The Kier molecular flexibility index (Phi) is 5.76. The van der Waals surface area contributed by atoms with E-state index < -0.39 is 0 Å². The molecule has 2 aromatic heterocycles. The third kappa shape index (κ3) is 3.69. The Morgan fingerprint density at radius 3 is 2.95 bits per heavy atom. The highest BCUT2D eigenvalue weighted by Gasteiger charge is 2.15. The largest absolute Gasteiger partial charge is 0.382 e. The van der Waals surface area contributed by atoms with Crippen molar-refractivity contribution in [1.29, 1.82) is 0 Å². The first kappa shape index (κ1) is 15.2. The number of hydrogen-bond acceptors (Lipinski definition) is 4. The second-order valence-electron chi connectivity index (χ2n) is 4.54. The summed E-state index contributed by atoms with van der Waals surface area (Å²) in [6, 6.07) is 3.84. The predicted molar refractivity (Wildman–Crippen MR) is 79.1 cm³/mol. The molecule has 0 N–H and O–H groups in total. The molecular formula is C14H20ClN3O2. The molecular weight excluding hydrogens is 278 g/mol. The number of fused-ring (bicyclic) bond motifs is 1. The molecule has 0 spiro atoms. The van der Waals surface area contributed by atoms with Crippen molar-refractivity contribution in [1.82, 2.24) is 14.5 Å².